The van der Waals surface area contributed by atoms with E-state index in [1.54, 1.807) is 26.8 Å². The highest BCUT2D eigenvalue weighted by atomic mass is 79.9. The fraction of sp³-hybridized carbons (Fsp3) is 0.333. The summed E-state index contributed by atoms with van der Waals surface area (Å²) in [5, 5.41) is 0. The lowest BCUT2D eigenvalue weighted by Crippen LogP contribution is -2.30. The Bertz CT molecular complexity index is 714. The summed E-state index contributed by atoms with van der Waals surface area (Å²) in [5.74, 6) is -1.72. The van der Waals surface area contributed by atoms with Crippen molar-refractivity contribution in [1.29, 1.82) is 0 Å². The second-order valence-corrected chi connectivity index (χ2v) is 6.10. The number of carbonyl (C=O) groups excluding carboxylic acids is 2. The molecule has 1 aliphatic rings. The van der Waals surface area contributed by atoms with E-state index in [4.69, 9.17) is 19.9 Å². The Balaban J connectivity index is 2.66. The molecule has 1 aromatic carbocycles. The molecule has 0 unspecified atom stereocenters. The predicted molar refractivity (Wildman–Crippen MR) is 95.1 cm³/mol. The van der Waals surface area contributed by atoms with E-state index >= 15 is 0 Å². The molecular weight excluding hydrogens is 390 g/mol. The summed E-state index contributed by atoms with van der Waals surface area (Å²) in [6.45, 7) is 5.40. The highest BCUT2D eigenvalue weighted by Crippen LogP contribution is 2.42. The van der Waals surface area contributed by atoms with Gasteiger partial charge in [-0.15, -0.1) is 0 Å². The molecule has 0 aromatic heterocycles. The van der Waals surface area contributed by atoms with Crippen LogP contribution >= 0.6 is 15.9 Å². The number of benzene rings is 1. The Morgan fingerprint density at radius 3 is 2.24 bits per heavy atom. The molecule has 1 aliphatic heterocycles. The van der Waals surface area contributed by atoms with Gasteiger partial charge in [0, 0.05) is 4.47 Å². The first-order valence-corrected chi connectivity index (χ1v) is 8.68. The Labute approximate surface area is 154 Å². The molecule has 6 nitrogen and oxygen atoms in total. The van der Waals surface area contributed by atoms with E-state index in [0.29, 0.717) is 11.3 Å². The Morgan fingerprint density at radius 2 is 1.68 bits per heavy atom. The third-order valence-electron chi connectivity index (χ3n) is 3.69. The van der Waals surface area contributed by atoms with E-state index in [1.165, 1.54) is 0 Å². The van der Waals surface area contributed by atoms with Crippen molar-refractivity contribution in [3.05, 3.63) is 57.1 Å². The molecule has 7 heteroatoms. The molecule has 0 bridgehead atoms. The van der Waals surface area contributed by atoms with Crippen molar-refractivity contribution in [2.45, 2.75) is 26.7 Å². The fourth-order valence-corrected chi connectivity index (χ4v) is 3.20. The maximum absolute atomic E-state index is 12.5. The summed E-state index contributed by atoms with van der Waals surface area (Å²) in [4.78, 5) is 25.1. The molecule has 134 valence electrons. The van der Waals surface area contributed by atoms with Crippen LogP contribution in [-0.2, 0) is 23.8 Å². The standard InChI is InChI=1S/C18H20BrNO5/c1-4-23-17(21)13-10(3)25-16(20)15(18(22)24-5-2)14(13)11-8-6-7-9-12(11)19/h6-9,14H,4-5,20H2,1-3H3/t14-/m0/s1. The van der Waals surface area contributed by atoms with Gasteiger partial charge in [0.25, 0.3) is 0 Å². The molecule has 1 heterocycles. The minimum absolute atomic E-state index is 0.0789. The van der Waals surface area contributed by atoms with Crippen LogP contribution in [0.1, 0.15) is 32.3 Å². The van der Waals surface area contributed by atoms with Crippen molar-refractivity contribution in [1.82, 2.24) is 0 Å². The molecule has 0 radical (unpaired) electrons. The summed E-state index contributed by atoms with van der Waals surface area (Å²) >= 11 is 3.47. The number of hydrogen-bond donors (Lipinski definition) is 1. The van der Waals surface area contributed by atoms with E-state index < -0.39 is 17.9 Å². The van der Waals surface area contributed by atoms with Gasteiger partial charge in [-0.2, -0.15) is 0 Å². The van der Waals surface area contributed by atoms with Crippen molar-refractivity contribution >= 4 is 27.9 Å². The smallest absolute Gasteiger partial charge is 0.340 e. The van der Waals surface area contributed by atoms with Crippen molar-refractivity contribution in [3.63, 3.8) is 0 Å². The Morgan fingerprint density at radius 1 is 1.12 bits per heavy atom. The topological polar surface area (TPSA) is 87.9 Å². The number of esters is 2. The largest absolute Gasteiger partial charge is 0.463 e. The van der Waals surface area contributed by atoms with Crippen LogP contribution < -0.4 is 5.73 Å². The first-order valence-electron chi connectivity index (χ1n) is 7.89. The predicted octanol–water partition coefficient (Wildman–Crippen LogP) is 3.13. The monoisotopic (exact) mass is 409 g/mol. The van der Waals surface area contributed by atoms with Crippen molar-refractivity contribution in [3.8, 4) is 0 Å². The quantitative estimate of drug-likeness (QED) is 0.751. The van der Waals surface area contributed by atoms with Gasteiger partial charge in [0.2, 0.25) is 5.88 Å². The van der Waals surface area contributed by atoms with Gasteiger partial charge in [-0.3, -0.25) is 0 Å². The van der Waals surface area contributed by atoms with Crippen LogP contribution in [0.2, 0.25) is 0 Å². The highest BCUT2D eigenvalue weighted by molar-refractivity contribution is 9.10. The van der Waals surface area contributed by atoms with Gasteiger partial charge in [-0.05, 0) is 32.4 Å². The molecule has 0 saturated carbocycles. The van der Waals surface area contributed by atoms with E-state index in [2.05, 4.69) is 15.9 Å². The van der Waals surface area contributed by atoms with Crippen LogP contribution in [0.25, 0.3) is 0 Å². The second kappa shape index (κ2) is 8.20. The number of hydrogen-bond acceptors (Lipinski definition) is 6. The molecule has 1 atom stereocenters. The van der Waals surface area contributed by atoms with Crippen molar-refractivity contribution < 1.29 is 23.8 Å². The van der Waals surface area contributed by atoms with E-state index in [-0.39, 0.29) is 30.2 Å². The van der Waals surface area contributed by atoms with Crippen LogP contribution in [0.5, 0.6) is 0 Å². The molecule has 0 amide bonds. The fourth-order valence-electron chi connectivity index (χ4n) is 2.68. The normalized spacial score (nSPS) is 17.2. The lowest BCUT2D eigenvalue weighted by molar-refractivity contribution is -0.140. The van der Waals surface area contributed by atoms with Crippen LogP contribution in [0.3, 0.4) is 0 Å². The Hall–Kier alpha value is -2.28. The van der Waals surface area contributed by atoms with Gasteiger partial charge < -0.3 is 19.9 Å². The number of rotatable bonds is 5. The number of carbonyl (C=O) groups is 2. The summed E-state index contributed by atoms with van der Waals surface area (Å²) in [6.07, 6.45) is 0. The third kappa shape index (κ3) is 3.87. The van der Waals surface area contributed by atoms with Gasteiger partial charge in [-0.1, -0.05) is 34.1 Å². The average Bonchev–Trinajstić information content (AvgIpc) is 2.54. The first kappa shape index (κ1) is 19.1. The number of nitrogens with two attached hydrogens (primary N) is 1. The molecule has 25 heavy (non-hydrogen) atoms. The average molecular weight is 410 g/mol. The highest BCUT2D eigenvalue weighted by Gasteiger charge is 2.40. The summed E-state index contributed by atoms with van der Waals surface area (Å²) in [6, 6.07) is 7.28. The van der Waals surface area contributed by atoms with E-state index in [0.717, 1.165) is 4.47 Å². The maximum Gasteiger partial charge on any atom is 0.340 e. The van der Waals surface area contributed by atoms with E-state index in [1.807, 2.05) is 18.2 Å². The van der Waals surface area contributed by atoms with Gasteiger partial charge in [0.05, 0.1) is 24.7 Å². The molecular formula is C18H20BrNO5. The molecule has 1 aromatic rings. The molecule has 0 spiro atoms. The zero-order chi connectivity index (χ0) is 18.6. The zero-order valence-corrected chi connectivity index (χ0v) is 15.9. The molecule has 2 N–H and O–H groups in total. The zero-order valence-electron chi connectivity index (χ0n) is 14.3. The minimum Gasteiger partial charge on any atom is -0.463 e. The number of ether oxygens (including phenoxy) is 3. The summed E-state index contributed by atoms with van der Waals surface area (Å²) < 4.78 is 16.5. The van der Waals surface area contributed by atoms with E-state index in [9.17, 15) is 9.59 Å². The van der Waals surface area contributed by atoms with Gasteiger partial charge in [-0.25, -0.2) is 9.59 Å². The Kier molecular flexibility index (Phi) is 6.25. The maximum atomic E-state index is 12.5. The number of allylic oxidation sites excluding steroid dienone is 1. The minimum atomic E-state index is -0.748. The number of halogens is 1. The van der Waals surface area contributed by atoms with Crippen molar-refractivity contribution in [2.24, 2.45) is 5.73 Å². The van der Waals surface area contributed by atoms with Crippen LogP contribution in [0.4, 0.5) is 0 Å². The van der Waals surface area contributed by atoms with Gasteiger partial charge >= 0.3 is 11.9 Å². The van der Waals surface area contributed by atoms with Crippen LogP contribution in [0, 0.1) is 0 Å². The molecule has 0 fully saturated rings. The van der Waals surface area contributed by atoms with Crippen molar-refractivity contribution in [2.75, 3.05) is 13.2 Å². The lowest BCUT2D eigenvalue weighted by atomic mass is 9.82. The first-order chi connectivity index (χ1) is 11.9. The van der Waals surface area contributed by atoms with Gasteiger partial charge in [0.1, 0.15) is 11.3 Å². The second-order valence-electron chi connectivity index (χ2n) is 5.25. The summed E-state index contributed by atoms with van der Waals surface area (Å²) in [5.41, 5.74) is 6.98. The molecule has 0 aliphatic carbocycles. The summed E-state index contributed by atoms with van der Waals surface area (Å²) in [7, 11) is 0. The van der Waals surface area contributed by atoms with Crippen LogP contribution in [-0.4, -0.2) is 25.2 Å². The third-order valence-corrected chi connectivity index (χ3v) is 4.41. The van der Waals surface area contributed by atoms with Gasteiger partial charge in [0.15, 0.2) is 0 Å². The lowest BCUT2D eigenvalue weighted by Gasteiger charge is -2.29. The molecule has 0 saturated heterocycles. The SMILES string of the molecule is CCOC(=O)C1=C(C)OC(N)=C(C(=O)OCC)[C@H]1c1ccccc1Br. The van der Waals surface area contributed by atoms with Crippen LogP contribution in [0.15, 0.2) is 51.5 Å². The molecule has 2 rings (SSSR count).